The van der Waals surface area contributed by atoms with Gasteiger partial charge in [-0.3, -0.25) is 9.78 Å². The van der Waals surface area contributed by atoms with Crippen LogP contribution >= 0.6 is 0 Å². The first-order valence-electron chi connectivity index (χ1n) is 8.53. The molecule has 0 aromatic carbocycles. The molecule has 1 aromatic heterocycles. The van der Waals surface area contributed by atoms with Crippen molar-refractivity contribution in [2.45, 2.75) is 37.1 Å². The average Bonchev–Trinajstić information content (AvgIpc) is 2.63. The van der Waals surface area contributed by atoms with E-state index < -0.39 is 10.0 Å². The lowest BCUT2D eigenvalue weighted by molar-refractivity contribution is -0.121. The largest absolute Gasteiger partial charge is 0.450 e. The number of nitrogens with one attached hydrogen (secondary N) is 2. The Morgan fingerprint density at radius 1 is 1.35 bits per heavy atom. The maximum absolute atomic E-state index is 12.0. The second-order valence-corrected chi connectivity index (χ2v) is 7.63. The fourth-order valence-electron chi connectivity index (χ4n) is 2.61. The van der Waals surface area contributed by atoms with Gasteiger partial charge in [0.05, 0.1) is 6.61 Å². The molecule has 0 radical (unpaired) electrons. The van der Waals surface area contributed by atoms with Crippen LogP contribution in [0, 0.1) is 0 Å². The average molecular weight is 384 g/mol. The minimum Gasteiger partial charge on any atom is -0.450 e. The first-order valence-corrected chi connectivity index (χ1v) is 10.0. The molecule has 10 heteroatoms. The number of hydrogen-bond acceptors (Lipinski definition) is 6. The van der Waals surface area contributed by atoms with Gasteiger partial charge in [-0.05, 0) is 31.9 Å². The third kappa shape index (κ3) is 5.95. The van der Waals surface area contributed by atoms with Crippen LogP contribution in [0.2, 0.25) is 0 Å². The number of pyridine rings is 1. The summed E-state index contributed by atoms with van der Waals surface area (Å²) in [7, 11) is -3.66. The molecule has 2 rings (SSSR count). The summed E-state index contributed by atoms with van der Waals surface area (Å²) in [5, 5.41) is 2.87. The molecule has 0 aliphatic carbocycles. The van der Waals surface area contributed by atoms with Gasteiger partial charge in [0.15, 0.2) is 0 Å². The third-order valence-corrected chi connectivity index (χ3v) is 5.42. The van der Waals surface area contributed by atoms with Crippen LogP contribution in [0.15, 0.2) is 29.4 Å². The molecule has 0 saturated carbocycles. The highest BCUT2D eigenvalue weighted by Gasteiger charge is 2.24. The highest BCUT2D eigenvalue weighted by molar-refractivity contribution is 7.89. The summed E-state index contributed by atoms with van der Waals surface area (Å²) in [5.74, 6) is -0.228. The molecular formula is C16H24N4O5S. The van der Waals surface area contributed by atoms with Crippen LogP contribution in [0.1, 0.15) is 26.2 Å². The topological polar surface area (TPSA) is 118 Å². The SMILES string of the molecule is CCOC(=O)N1CCC(NC(=O)CCNS(=O)(=O)c2cccnc2)CC1. The smallest absolute Gasteiger partial charge is 0.409 e. The van der Waals surface area contributed by atoms with E-state index in [0.717, 1.165) is 0 Å². The van der Waals surface area contributed by atoms with Crippen molar-refractivity contribution in [2.24, 2.45) is 0 Å². The van der Waals surface area contributed by atoms with Gasteiger partial charge in [-0.1, -0.05) is 0 Å². The third-order valence-electron chi connectivity index (χ3n) is 3.97. The molecule has 0 atom stereocenters. The Labute approximate surface area is 153 Å². The van der Waals surface area contributed by atoms with E-state index in [1.807, 2.05) is 0 Å². The van der Waals surface area contributed by atoms with Gasteiger partial charge in [-0.2, -0.15) is 0 Å². The Morgan fingerprint density at radius 2 is 2.08 bits per heavy atom. The Balaban J connectivity index is 1.69. The molecule has 1 fully saturated rings. The van der Waals surface area contributed by atoms with Crippen LogP contribution < -0.4 is 10.0 Å². The van der Waals surface area contributed by atoms with Gasteiger partial charge >= 0.3 is 6.09 Å². The van der Waals surface area contributed by atoms with Gasteiger partial charge in [0.25, 0.3) is 0 Å². The second-order valence-electron chi connectivity index (χ2n) is 5.86. The molecule has 1 aliphatic rings. The normalized spacial score (nSPS) is 15.5. The van der Waals surface area contributed by atoms with Crippen LogP contribution in [-0.2, 0) is 19.6 Å². The monoisotopic (exact) mass is 384 g/mol. The van der Waals surface area contributed by atoms with Crippen LogP contribution in [0.25, 0.3) is 0 Å². The number of aromatic nitrogens is 1. The molecule has 9 nitrogen and oxygen atoms in total. The fourth-order valence-corrected chi connectivity index (χ4v) is 3.60. The summed E-state index contributed by atoms with van der Waals surface area (Å²) in [6.45, 7) is 3.15. The summed E-state index contributed by atoms with van der Waals surface area (Å²) >= 11 is 0. The summed E-state index contributed by atoms with van der Waals surface area (Å²) in [6, 6.07) is 2.94. The molecule has 2 amide bonds. The number of amides is 2. The van der Waals surface area contributed by atoms with Gasteiger partial charge in [-0.25, -0.2) is 17.9 Å². The number of nitrogens with zero attached hydrogens (tertiary/aromatic N) is 2. The van der Waals surface area contributed by atoms with E-state index in [1.165, 1.54) is 24.5 Å². The molecule has 1 aromatic rings. The summed E-state index contributed by atoms with van der Waals surface area (Å²) in [4.78, 5) is 29.1. The van der Waals surface area contributed by atoms with Crippen molar-refractivity contribution in [3.63, 3.8) is 0 Å². The predicted molar refractivity (Wildman–Crippen MR) is 93.8 cm³/mol. The number of hydrogen-bond donors (Lipinski definition) is 2. The summed E-state index contributed by atoms with van der Waals surface area (Å²) in [6.07, 6.45) is 3.73. The fraction of sp³-hybridized carbons (Fsp3) is 0.562. The van der Waals surface area contributed by atoms with Crippen LogP contribution in [0.4, 0.5) is 4.79 Å². The summed E-state index contributed by atoms with van der Waals surface area (Å²) in [5.41, 5.74) is 0. The molecule has 0 unspecified atom stereocenters. The van der Waals surface area contributed by atoms with Crippen LogP contribution in [0.5, 0.6) is 0 Å². The van der Waals surface area contributed by atoms with Gasteiger partial charge in [0.1, 0.15) is 4.90 Å². The Kier molecular flexibility index (Phi) is 7.34. The van der Waals surface area contributed by atoms with Crippen molar-refractivity contribution in [1.29, 1.82) is 0 Å². The highest BCUT2D eigenvalue weighted by atomic mass is 32.2. The molecule has 1 saturated heterocycles. The van der Waals surface area contributed by atoms with E-state index in [0.29, 0.717) is 32.5 Å². The lowest BCUT2D eigenvalue weighted by Crippen LogP contribution is -2.47. The van der Waals surface area contributed by atoms with E-state index in [4.69, 9.17) is 4.74 Å². The lowest BCUT2D eigenvalue weighted by atomic mass is 10.1. The molecule has 1 aliphatic heterocycles. The van der Waals surface area contributed by atoms with E-state index in [2.05, 4.69) is 15.0 Å². The number of likely N-dealkylation sites (tertiary alicyclic amines) is 1. The molecule has 26 heavy (non-hydrogen) atoms. The molecule has 144 valence electrons. The van der Waals surface area contributed by atoms with E-state index in [9.17, 15) is 18.0 Å². The number of carbonyl (C=O) groups excluding carboxylic acids is 2. The number of rotatable bonds is 7. The second kappa shape index (κ2) is 9.48. The van der Waals surface area contributed by atoms with Gasteiger partial charge in [0.2, 0.25) is 15.9 Å². The van der Waals surface area contributed by atoms with E-state index in [1.54, 1.807) is 11.8 Å². The first-order chi connectivity index (χ1) is 12.4. The number of carbonyl (C=O) groups is 2. The Bertz CT molecular complexity index is 703. The van der Waals surface area contributed by atoms with Gasteiger partial charge in [-0.15, -0.1) is 0 Å². The van der Waals surface area contributed by atoms with Crippen molar-refractivity contribution in [2.75, 3.05) is 26.2 Å². The quantitative estimate of drug-likeness (QED) is 0.706. The van der Waals surface area contributed by atoms with Crippen molar-refractivity contribution in [1.82, 2.24) is 19.9 Å². The van der Waals surface area contributed by atoms with Crippen molar-refractivity contribution < 1.29 is 22.7 Å². The zero-order valence-corrected chi connectivity index (χ0v) is 15.5. The Morgan fingerprint density at radius 3 is 2.69 bits per heavy atom. The van der Waals surface area contributed by atoms with E-state index >= 15 is 0 Å². The number of sulfonamides is 1. The minimum atomic E-state index is -3.66. The highest BCUT2D eigenvalue weighted by Crippen LogP contribution is 2.11. The standard InChI is InChI=1S/C16H24N4O5S/c1-2-25-16(22)20-10-6-13(7-11-20)19-15(21)5-9-18-26(23,24)14-4-3-8-17-12-14/h3-4,8,12-13,18H,2,5-7,9-11H2,1H3,(H,19,21). The van der Waals surface area contributed by atoms with Gasteiger partial charge in [0, 0.05) is 44.5 Å². The lowest BCUT2D eigenvalue weighted by Gasteiger charge is -2.31. The van der Waals surface area contributed by atoms with Crippen LogP contribution in [0.3, 0.4) is 0 Å². The first kappa shape index (κ1) is 20.1. The van der Waals surface area contributed by atoms with Crippen molar-refractivity contribution >= 4 is 22.0 Å². The maximum atomic E-state index is 12.0. The summed E-state index contributed by atoms with van der Waals surface area (Å²) < 4.78 is 31.4. The Hall–Kier alpha value is -2.20. The predicted octanol–water partition coefficient (Wildman–Crippen LogP) is 0.487. The molecular weight excluding hydrogens is 360 g/mol. The minimum absolute atomic E-state index is 0.00469. The van der Waals surface area contributed by atoms with Gasteiger partial charge < -0.3 is 15.0 Å². The molecule has 0 bridgehead atoms. The molecule has 2 N–H and O–H groups in total. The number of ether oxygens (including phenoxy) is 1. The van der Waals surface area contributed by atoms with E-state index in [-0.39, 0.29) is 35.9 Å². The van der Waals surface area contributed by atoms with Crippen molar-refractivity contribution in [3.8, 4) is 0 Å². The molecule has 2 heterocycles. The maximum Gasteiger partial charge on any atom is 0.409 e. The molecule has 0 spiro atoms. The number of piperidine rings is 1. The van der Waals surface area contributed by atoms with Crippen LogP contribution in [-0.4, -0.2) is 62.6 Å². The zero-order chi connectivity index (χ0) is 19.0. The zero-order valence-electron chi connectivity index (χ0n) is 14.7. The van der Waals surface area contributed by atoms with Crippen molar-refractivity contribution in [3.05, 3.63) is 24.5 Å².